The Morgan fingerprint density at radius 3 is 1.71 bits per heavy atom. The second-order valence-corrected chi connectivity index (χ2v) is 9.31. The monoisotopic (exact) mass is 524 g/mol. The average molecular weight is 524 g/mol. The molecule has 0 fully saturated rings. The SMILES string of the molecule is COc1cc(OC)c(C(=O)Pc2ccc(OCc3ccccc3)cc2OCc2ccccc2)c(OC)c1.[H-].[Li+]. The number of carbonyl (C=O) groups excluding carboxylic acids is 1. The molecule has 4 aromatic carbocycles. The minimum absolute atomic E-state index is 0. The van der Waals surface area contributed by atoms with Crippen molar-refractivity contribution in [2.45, 2.75) is 13.2 Å². The maximum atomic E-state index is 13.5. The smallest absolute Gasteiger partial charge is 1.00 e. The van der Waals surface area contributed by atoms with E-state index in [0.717, 1.165) is 16.4 Å². The van der Waals surface area contributed by atoms with Crippen molar-refractivity contribution in [2.75, 3.05) is 21.3 Å². The minimum atomic E-state index is -0.231. The fourth-order valence-electron chi connectivity index (χ4n) is 3.71. The Morgan fingerprint density at radius 1 is 0.658 bits per heavy atom. The molecule has 0 N–H and O–H groups in total. The van der Waals surface area contributed by atoms with E-state index in [0.29, 0.717) is 47.5 Å². The number of rotatable bonds is 12. The summed E-state index contributed by atoms with van der Waals surface area (Å²) in [6, 6.07) is 28.7. The molecule has 0 bridgehead atoms. The van der Waals surface area contributed by atoms with Crippen molar-refractivity contribution in [3.8, 4) is 28.7 Å². The van der Waals surface area contributed by atoms with E-state index in [-0.39, 0.29) is 34.4 Å². The van der Waals surface area contributed by atoms with Gasteiger partial charge in [-0.25, -0.2) is 0 Å². The van der Waals surface area contributed by atoms with Crippen LogP contribution >= 0.6 is 8.58 Å². The van der Waals surface area contributed by atoms with E-state index in [1.807, 2.05) is 78.9 Å². The number of carbonyl (C=O) groups is 1. The van der Waals surface area contributed by atoms with Crippen molar-refractivity contribution < 1.29 is 48.8 Å². The van der Waals surface area contributed by atoms with Crippen molar-refractivity contribution in [1.82, 2.24) is 0 Å². The summed E-state index contributed by atoms with van der Waals surface area (Å²) in [5, 5.41) is 0.757. The van der Waals surface area contributed by atoms with Crippen LogP contribution in [0.5, 0.6) is 28.7 Å². The predicted molar refractivity (Wildman–Crippen MR) is 147 cm³/mol. The first-order valence-electron chi connectivity index (χ1n) is 11.7. The van der Waals surface area contributed by atoms with Crippen molar-refractivity contribution in [1.29, 1.82) is 0 Å². The summed E-state index contributed by atoms with van der Waals surface area (Å²) >= 11 is 0. The van der Waals surface area contributed by atoms with Crippen LogP contribution in [0.1, 0.15) is 22.9 Å². The van der Waals surface area contributed by atoms with Crippen molar-refractivity contribution in [2.24, 2.45) is 0 Å². The Labute approximate surface area is 238 Å². The van der Waals surface area contributed by atoms with Gasteiger partial charge in [0.15, 0.2) is 5.52 Å². The summed E-state index contributed by atoms with van der Waals surface area (Å²) in [6.07, 6.45) is 0. The predicted octanol–water partition coefficient (Wildman–Crippen LogP) is 3.13. The first kappa shape index (κ1) is 29.1. The van der Waals surface area contributed by atoms with Gasteiger partial charge < -0.3 is 25.1 Å². The third-order valence-corrected chi connectivity index (χ3v) is 6.79. The quantitative estimate of drug-likeness (QED) is 0.210. The van der Waals surface area contributed by atoms with Gasteiger partial charge in [0.25, 0.3) is 0 Å². The Balaban J connectivity index is 0.00000267. The second-order valence-electron chi connectivity index (χ2n) is 8.07. The van der Waals surface area contributed by atoms with Crippen LogP contribution in [-0.4, -0.2) is 26.9 Å². The van der Waals surface area contributed by atoms with Gasteiger partial charge in [-0.1, -0.05) is 60.7 Å². The van der Waals surface area contributed by atoms with E-state index in [4.69, 9.17) is 23.7 Å². The number of methoxy groups -OCH3 is 3. The average Bonchev–Trinajstić information content (AvgIpc) is 2.96. The molecule has 0 aromatic heterocycles. The Kier molecular flexibility index (Phi) is 11.1. The van der Waals surface area contributed by atoms with Gasteiger partial charge in [0.1, 0.15) is 47.5 Å². The van der Waals surface area contributed by atoms with Crippen LogP contribution in [0.25, 0.3) is 0 Å². The molecule has 1 unspecified atom stereocenters. The molecule has 0 heterocycles. The first-order valence-corrected chi connectivity index (χ1v) is 12.7. The standard InChI is InChI=1S/C30H29O6P.Li.H/c1-32-24-17-26(33-2)29(27(18-24)34-3)30(31)37-28-15-14-23(35-19-21-10-6-4-7-11-21)16-25(28)36-20-22-12-8-5-9-13-22;;/h4-18,37H,19-20H2,1-3H3;;/q;+1;-1. The fraction of sp³-hybridized carbons (Fsp3) is 0.167. The maximum absolute atomic E-state index is 13.5. The van der Waals surface area contributed by atoms with E-state index in [1.165, 1.54) is 14.2 Å². The Morgan fingerprint density at radius 2 is 1.18 bits per heavy atom. The zero-order valence-electron chi connectivity index (χ0n) is 23.0. The van der Waals surface area contributed by atoms with Gasteiger partial charge >= 0.3 is 18.9 Å². The molecular formula is C30H30LiO6P. The third-order valence-electron chi connectivity index (χ3n) is 5.63. The van der Waals surface area contributed by atoms with Crippen LogP contribution in [0.2, 0.25) is 0 Å². The Hall–Kier alpha value is -3.42. The number of hydrogen-bond acceptors (Lipinski definition) is 6. The molecule has 0 aliphatic heterocycles. The molecule has 0 aliphatic carbocycles. The van der Waals surface area contributed by atoms with Gasteiger partial charge in [-0.05, 0) is 31.8 Å². The molecule has 0 saturated heterocycles. The van der Waals surface area contributed by atoms with Gasteiger partial charge in [0, 0.05) is 23.5 Å². The Bertz CT molecular complexity index is 1310. The molecule has 8 heteroatoms. The summed E-state index contributed by atoms with van der Waals surface area (Å²) in [5.74, 6) is 2.58. The van der Waals surface area contributed by atoms with Crippen LogP contribution in [0.4, 0.5) is 0 Å². The topological polar surface area (TPSA) is 63.2 Å². The largest absolute Gasteiger partial charge is 1.00 e. The van der Waals surface area contributed by atoms with E-state index in [2.05, 4.69) is 0 Å². The molecule has 0 radical (unpaired) electrons. The molecule has 1 atom stereocenters. The third kappa shape index (κ3) is 7.55. The molecule has 4 aromatic rings. The van der Waals surface area contributed by atoms with Gasteiger partial charge in [0.2, 0.25) is 0 Å². The van der Waals surface area contributed by atoms with Crippen molar-refractivity contribution >= 4 is 19.4 Å². The first-order chi connectivity index (χ1) is 18.1. The molecule has 0 spiro atoms. The van der Waals surface area contributed by atoms with Crippen LogP contribution in [-0.2, 0) is 13.2 Å². The molecule has 0 aliphatic rings. The molecule has 0 saturated carbocycles. The number of benzene rings is 4. The van der Waals surface area contributed by atoms with Crippen molar-refractivity contribution in [3.05, 3.63) is 108 Å². The number of ether oxygens (including phenoxy) is 5. The van der Waals surface area contributed by atoms with E-state index >= 15 is 0 Å². The zero-order valence-corrected chi connectivity index (χ0v) is 23.0. The molecule has 6 nitrogen and oxygen atoms in total. The van der Waals surface area contributed by atoms with Gasteiger partial charge in [-0.3, -0.25) is 4.79 Å². The summed E-state index contributed by atoms with van der Waals surface area (Å²) in [5.41, 5.74) is 2.31. The van der Waals surface area contributed by atoms with Crippen LogP contribution in [0.3, 0.4) is 0 Å². The molecule has 192 valence electrons. The summed E-state index contributed by atoms with van der Waals surface area (Å²) in [4.78, 5) is 13.5. The van der Waals surface area contributed by atoms with Crippen LogP contribution < -0.4 is 47.8 Å². The fourth-order valence-corrected chi connectivity index (χ4v) is 4.76. The van der Waals surface area contributed by atoms with Gasteiger partial charge in [-0.15, -0.1) is 0 Å². The normalized spacial score (nSPS) is 10.5. The molecule has 38 heavy (non-hydrogen) atoms. The van der Waals surface area contributed by atoms with Crippen LogP contribution in [0.15, 0.2) is 91.0 Å². The molecular weight excluding hydrogens is 494 g/mol. The summed E-state index contributed by atoms with van der Waals surface area (Å²) in [7, 11) is 4.35. The van der Waals surface area contributed by atoms with E-state index in [1.54, 1.807) is 19.2 Å². The van der Waals surface area contributed by atoms with Gasteiger partial charge in [-0.2, -0.15) is 0 Å². The maximum Gasteiger partial charge on any atom is 1.00 e. The van der Waals surface area contributed by atoms with Crippen LogP contribution in [0, 0.1) is 0 Å². The van der Waals surface area contributed by atoms with E-state index < -0.39 is 0 Å². The van der Waals surface area contributed by atoms with Crippen molar-refractivity contribution in [3.63, 3.8) is 0 Å². The minimum Gasteiger partial charge on any atom is -1.00 e. The molecule has 4 rings (SSSR count). The summed E-state index contributed by atoms with van der Waals surface area (Å²) in [6.45, 7) is 0.795. The number of hydrogen-bond donors (Lipinski definition) is 0. The van der Waals surface area contributed by atoms with E-state index in [9.17, 15) is 4.79 Å². The zero-order chi connectivity index (χ0) is 26.0. The summed E-state index contributed by atoms with van der Waals surface area (Å²) < 4.78 is 28.5. The molecule has 0 amide bonds. The van der Waals surface area contributed by atoms with Gasteiger partial charge in [0.05, 0.1) is 21.3 Å². The second kappa shape index (κ2) is 14.5.